The molecule has 0 amide bonds. The molecule has 40 heavy (non-hydrogen) atoms. The third-order valence-electron chi connectivity index (χ3n) is 7.83. The fourth-order valence-electron chi connectivity index (χ4n) is 4.94. The summed E-state index contributed by atoms with van der Waals surface area (Å²) in [6.07, 6.45) is 4.97. The predicted octanol–water partition coefficient (Wildman–Crippen LogP) is 6.61. The van der Waals surface area contributed by atoms with Crippen molar-refractivity contribution in [1.82, 2.24) is 4.90 Å². The minimum atomic E-state index is -0.806. The normalized spacial score (nSPS) is 13.4. The van der Waals surface area contributed by atoms with Crippen LogP contribution < -0.4 is 4.90 Å². The van der Waals surface area contributed by atoms with Gasteiger partial charge in [0.25, 0.3) is 0 Å². The van der Waals surface area contributed by atoms with Crippen LogP contribution in [-0.4, -0.2) is 74.6 Å². The lowest BCUT2D eigenvalue weighted by Crippen LogP contribution is -2.52. The lowest BCUT2D eigenvalue weighted by molar-refractivity contribution is -0.140. The number of ketones is 2. The van der Waals surface area contributed by atoms with E-state index < -0.39 is 11.1 Å². The fourth-order valence-corrected chi connectivity index (χ4v) is 4.94. The van der Waals surface area contributed by atoms with Gasteiger partial charge in [0.2, 0.25) is 0 Å². The molecule has 2 rings (SSSR count). The Balaban J connectivity index is 1.91. The summed E-state index contributed by atoms with van der Waals surface area (Å²) in [5.41, 5.74) is 1.45. The number of benzene rings is 2. The van der Waals surface area contributed by atoms with Gasteiger partial charge in [0.15, 0.2) is 11.6 Å². The molecule has 0 saturated carbocycles. The zero-order valence-electron chi connectivity index (χ0n) is 26.2. The van der Waals surface area contributed by atoms with E-state index >= 15 is 0 Å². The van der Waals surface area contributed by atoms with Crippen molar-refractivity contribution in [3.63, 3.8) is 0 Å². The molecule has 0 N–H and O–H groups in total. The molecule has 6 heteroatoms. The summed E-state index contributed by atoms with van der Waals surface area (Å²) in [6, 6.07) is 18.0. The number of Topliss-reactive ketones (excluding diaryl/α,β-unsaturated/α-hetero) is 2. The SMILES string of the molecule is CCC(Cc1ccccc1)(C(=O)c1ccc(N(C)CCOC(C)(C)C(=O)CCCCCOC(C)C)cc1)N(C)C. The van der Waals surface area contributed by atoms with Gasteiger partial charge in [-0.3, -0.25) is 14.5 Å². The number of nitrogens with zero attached hydrogens (tertiary/aromatic N) is 2. The first-order valence-electron chi connectivity index (χ1n) is 14.8. The number of rotatable bonds is 19. The van der Waals surface area contributed by atoms with Gasteiger partial charge >= 0.3 is 0 Å². The van der Waals surface area contributed by atoms with Crippen LogP contribution in [0.3, 0.4) is 0 Å². The molecule has 0 aliphatic carbocycles. The number of hydrogen-bond acceptors (Lipinski definition) is 6. The Morgan fingerprint density at radius 3 is 2.10 bits per heavy atom. The fraction of sp³-hybridized carbons (Fsp3) is 0.588. The van der Waals surface area contributed by atoms with Crippen LogP contribution in [0.15, 0.2) is 54.6 Å². The van der Waals surface area contributed by atoms with Crippen molar-refractivity contribution in [2.45, 2.75) is 90.4 Å². The maximum atomic E-state index is 13.8. The highest BCUT2D eigenvalue weighted by atomic mass is 16.5. The molecule has 0 spiro atoms. The van der Waals surface area contributed by atoms with Crippen LogP contribution in [0.5, 0.6) is 0 Å². The van der Waals surface area contributed by atoms with Gasteiger partial charge in [0.1, 0.15) is 5.60 Å². The molecule has 0 aliphatic rings. The van der Waals surface area contributed by atoms with E-state index in [4.69, 9.17) is 9.47 Å². The Labute approximate surface area is 243 Å². The maximum Gasteiger partial charge on any atom is 0.183 e. The molecule has 1 atom stereocenters. The molecule has 222 valence electrons. The van der Waals surface area contributed by atoms with E-state index in [0.29, 0.717) is 38.0 Å². The Kier molecular flexibility index (Phi) is 13.5. The first-order chi connectivity index (χ1) is 18.9. The Morgan fingerprint density at radius 2 is 1.52 bits per heavy atom. The van der Waals surface area contributed by atoms with Gasteiger partial charge in [-0.15, -0.1) is 0 Å². The maximum absolute atomic E-state index is 13.8. The molecule has 0 bridgehead atoms. The van der Waals surface area contributed by atoms with Crippen LogP contribution in [0, 0.1) is 0 Å². The molecule has 2 aromatic carbocycles. The number of likely N-dealkylation sites (N-methyl/N-ethyl adjacent to an activating group) is 2. The molecular formula is C34H52N2O4. The number of ether oxygens (including phenoxy) is 2. The lowest BCUT2D eigenvalue weighted by Gasteiger charge is -2.38. The van der Waals surface area contributed by atoms with Crippen LogP contribution >= 0.6 is 0 Å². The van der Waals surface area contributed by atoms with Crippen molar-refractivity contribution in [2.75, 3.05) is 45.8 Å². The minimum Gasteiger partial charge on any atom is -0.379 e. The van der Waals surface area contributed by atoms with E-state index in [1.54, 1.807) is 0 Å². The second-order valence-corrected chi connectivity index (χ2v) is 11.8. The van der Waals surface area contributed by atoms with E-state index in [-0.39, 0.29) is 17.7 Å². The average Bonchev–Trinajstić information content (AvgIpc) is 2.93. The van der Waals surface area contributed by atoms with Crippen LogP contribution in [-0.2, 0) is 20.7 Å². The number of anilines is 1. The second-order valence-electron chi connectivity index (χ2n) is 11.8. The highest BCUT2D eigenvalue weighted by Crippen LogP contribution is 2.28. The van der Waals surface area contributed by atoms with Crippen LogP contribution in [0.4, 0.5) is 5.69 Å². The molecule has 6 nitrogen and oxygen atoms in total. The molecule has 0 aromatic heterocycles. The molecule has 0 saturated heterocycles. The summed E-state index contributed by atoms with van der Waals surface area (Å²) in [5, 5.41) is 0. The van der Waals surface area contributed by atoms with Crippen molar-refractivity contribution in [3.05, 3.63) is 65.7 Å². The van der Waals surface area contributed by atoms with Crippen molar-refractivity contribution < 1.29 is 19.1 Å². The van der Waals surface area contributed by atoms with Gasteiger partial charge in [-0.25, -0.2) is 0 Å². The topological polar surface area (TPSA) is 59.1 Å². The average molecular weight is 553 g/mol. The first kappa shape index (κ1) is 33.7. The van der Waals surface area contributed by atoms with Crippen molar-refractivity contribution in [3.8, 4) is 0 Å². The van der Waals surface area contributed by atoms with Gasteiger partial charge in [-0.05, 0) is 97.3 Å². The van der Waals surface area contributed by atoms with Crippen LogP contribution in [0.25, 0.3) is 0 Å². The van der Waals surface area contributed by atoms with Crippen LogP contribution in [0.2, 0.25) is 0 Å². The zero-order valence-corrected chi connectivity index (χ0v) is 26.2. The monoisotopic (exact) mass is 552 g/mol. The lowest BCUT2D eigenvalue weighted by atomic mass is 9.80. The van der Waals surface area contributed by atoms with Gasteiger partial charge < -0.3 is 14.4 Å². The summed E-state index contributed by atoms with van der Waals surface area (Å²) in [5.74, 6) is 0.271. The largest absolute Gasteiger partial charge is 0.379 e. The standard InChI is InChI=1S/C34H52N2O4/c1-9-34(35(6)7,26-28-16-12-10-13-17-28)32(38)29-19-21-30(22-20-29)36(8)23-25-40-33(4,5)31(37)18-14-11-15-24-39-27(2)3/h10,12-13,16-17,19-22,27H,9,11,14-15,18,23-26H2,1-8H3. The predicted molar refractivity (Wildman–Crippen MR) is 165 cm³/mol. The van der Waals surface area contributed by atoms with Crippen molar-refractivity contribution in [1.29, 1.82) is 0 Å². The van der Waals surface area contributed by atoms with Crippen LogP contribution in [0.1, 0.15) is 82.6 Å². The first-order valence-corrected chi connectivity index (χ1v) is 14.8. The number of unbranched alkanes of at least 4 members (excludes halogenated alkanes) is 2. The summed E-state index contributed by atoms with van der Waals surface area (Å²) >= 11 is 0. The third kappa shape index (κ3) is 9.83. The number of carbonyl (C=O) groups is 2. The van der Waals surface area contributed by atoms with E-state index in [1.165, 1.54) is 0 Å². The highest BCUT2D eigenvalue weighted by molar-refractivity contribution is 6.03. The highest BCUT2D eigenvalue weighted by Gasteiger charge is 2.39. The minimum absolute atomic E-state index is 0.133. The summed E-state index contributed by atoms with van der Waals surface area (Å²) < 4.78 is 11.6. The Hall–Kier alpha value is -2.54. The van der Waals surface area contributed by atoms with Crippen molar-refractivity contribution >= 4 is 17.3 Å². The summed E-state index contributed by atoms with van der Waals surface area (Å²) in [7, 11) is 5.98. The van der Waals surface area contributed by atoms with E-state index in [9.17, 15) is 9.59 Å². The zero-order chi connectivity index (χ0) is 29.8. The van der Waals surface area contributed by atoms with Gasteiger partial charge in [0, 0.05) is 37.9 Å². The Bertz CT molecular complexity index is 1030. The van der Waals surface area contributed by atoms with E-state index in [2.05, 4.69) is 28.9 Å². The molecular weight excluding hydrogens is 500 g/mol. The molecule has 0 heterocycles. The molecule has 2 aromatic rings. The second kappa shape index (κ2) is 16.0. The van der Waals surface area contributed by atoms with Gasteiger partial charge in [-0.2, -0.15) is 0 Å². The smallest absolute Gasteiger partial charge is 0.183 e. The molecule has 0 radical (unpaired) electrons. The summed E-state index contributed by atoms with van der Waals surface area (Å²) in [4.78, 5) is 30.7. The van der Waals surface area contributed by atoms with E-state index in [0.717, 1.165) is 37.1 Å². The third-order valence-corrected chi connectivity index (χ3v) is 7.83. The van der Waals surface area contributed by atoms with Crippen molar-refractivity contribution in [2.24, 2.45) is 0 Å². The van der Waals surface area contributed by atoms with Gasteiger partial charge in [0.05, 0.1) is 18.2 Å². The Morgan fingerprint density at radius 1 is 0.875 bits per heavy atom. The quantitative estimate of drug-likeness (QED) is 0.144. The number of carbonyl (C=O) groups excluding carboxylic acids is 2. The summed E-state index contributed by atoms with van der Waals surface area (Å²) in [6.45, 7) is 11.7. The molecule has 1 unspecified atom stereocenters. The molecule has 0 aliphatic heterocycles. The number of hydrogen-bond donors (Lipinski definition) is 0. The van der Waals surface area contributed by atoms with Gasteiger partial charge in [-0.1, -0.05) is 43.7 Å². The van der Waals surface area contributed by atoms with E-state index in [1.807, 2.05) is 91.3 Å². The molecule has 0 fully saturated rings.